The van der Waals surface area contributed by atoms with E-state index in [9.17, 15) is 8.78 Å². The molecule has 18 heavy (non-hydrogen) atoms. The number of nitrogens with zero attached hydrogens (tertiary/aromatic N) is 1. The van der Waals surface area contributed by atoms with Crippen molar-refractivity contribution in [3.63, 3.8) is 0 Å². The van der Waals surface area contributed by atoms with Crippen molar-refractivity contribution >= 4 is 22.6 Å². The average molecular weight is 274 g/mol. The molecule has 0 fully saturated rings. The van der Waals surface area contributed by atoms with Gasteiger partial charge in [0.1, 0.15) is 17.2 Å². The Morgan fingerprint density at radius 2 is 2.06 bits per heavy atom. The van der Waals surface area contributed by atoms with Gasteiger partial charge in [-0.25, -0.2) is 13.8 Å². The van der Waals surface area contributed by atoms with Crippen molar-refractivity contribution in [2.24, 2.45) is 4.99 Å². The van der Waals surface area contributed by atoms with Crippen LogP contribution < -0.4 is 5.32 Å². The van der Waals surface area contributed by atoms with E-state index in [0.717, 1.165) is 12.1 Å². The fourth-order valence-electron chi connectivity index (χ4n) is 1.46. The summed E-state index contributed by atoms with van der Waals surface area (Å²) < 4.78 is 26.1. The van der Waals surface area contributed by atoms with Crippen LogP contribution in [-0.2, 0) is 0 Å². The van der Waals surface area contributed by atoms with Crippen molar-refractivity contribution in [2.45, 2.75) is 5.54 Å². The van der Waals surface area contributed by atoms with Crippen molar-refractivity contribution in [1.82, 2.24) is 0 Å². The monoisotopic (exact) mass is 274 g/mol. The molecule has 0 aliphatic carbocycles. The molecule has 1 aliphatic heterocycles. The molecule has 0 atom stereocenters. The molecule has 4 nitrogen and oxygen atoms in total. The summed E-state index contributed by atoms with van der Waals surface area (Å²) in [6, 6.07) is 3.18. The average Bonchev–Trinajstić information content (AvgIpc) is 2.77. The van der Waals surface area contributed by atoms with Crippen molar-refractivity contribution in [3.05, 3.63) is 29.8 Å². The molecular formula is C11H12F2N2O2S. The number of hydrogen-bond donors (Lipinski definition) is 3. The fraction of sp³-hybridized carbons (Fsp3) is 0.364. The number of halogens is 2. The van der Waals surface area contributed by atoms with Crippen molar-refractivity contribution < 1.29 is 19.0 Å². The minimum Gasteiger partial charge on any atom is -0.394 e. The smallest absolute Gasteiger partial charge is 0.161 e. The second-order valence-corrected chi connectivity index (χ2v) is 4.96. The predicted molar refractivity (Wildman–Crippen MR) is 66.8 cm³/mol. The summed E-state index contributed by atoms with van der Waals surface area (Å²) in [5.74, 6) is -0.964. The van der Waals surface area contributed by atoms with Crippen LogP contribution in [-0.4, -0.2) is 39.9 Å². The third kappa shape index (κ3) is 2.63. The van der Waals surface area contributed by atoms with Gasteiger partial charge in [0.25, 0.3) is 0 Å². The normalized spacial score (nSPS) is 17.7. The molecule has 1 aromatic rings. The van der Waals surface area contributed by atoms with Gasteiger partial charge in [0.2, 0.25) is 0 Å². The molecule has 0 spiro atoms. The zero-order valence-electron chi connectivity index (χ0n) is 9.36. The van der Waals surface area contributed by atoms with Gasteiger partial charge < -0.3 is 15.5 Å². The maximum Gasteiger partial charge on any atom is 0.161 e. The van der Waals surface area contributed by atoms with E-state index in [1.54, 1.807) is 0 Å². The molecule has 1 aromatic carbocycles. The molecule has 2 rings (SSSR count). The lowest BCUT2D eigenvalue weighted by Gasteiger charge is -2.18. The molecule has 0 amide bonds. The summed E-state index contributed by atoms with van der Waals surface area (Å²) >= 11 is 1.26. The first kappa shape index (κ1) is 13.3. The van der Waals surface area contributed by atoms with Crippen LogP contribution in [0.1, 0.15) is 0 Å². The lowest BCUT2D eigenvalue weighted by molar-refractivity contribution is 0.140. The van der Waals surface area contributed by atoms with Gasteiger partial charge >= 0.3 is 0 Å². The minimum atomic E-state index is -0.927. The molecule has 3 N–H and O–H groups in total. The van der Waals surface area contributed by atoms with Crippen LogP contribution in [0.25, 0.3) is 0 Å². The number of benzene rings is 1. The highest BCUT2D eigenvalue weighted by molar-refractivity contribution is 8.14. The van der Waals surface area contributed by atoms with E-state index >= 15 is 0 Å². The van der Waals surface area contributed by atoms with Gasteiger partial charge in [0.05, 0.1) is 18.9 Å². The summed E-state index contributed by atoms with van der Waals surface area (Å²) in [6.45, 7) is -0.568. The highest BCUT2D eigenvalue weighted by Gasteiger charge is 2.34. The molecule has 98 valence electrons. The third-order valence-corrected chi connectivity index (χ3v) is 3.73. The number of aliphatic hydroxyl groups excluding tert-OH is 2. The Hall–Kier alpha value is -1.18. The van der Waals surface area contributed by atoms with E-state index in [4.69, 9.17) is 10.2 Å². The Labute approximate surface area is 107 Å². The molecular weight excluding hydrogens is 262 g/mol. The van der Waals surface area contributed by atoms with Crippen LogP contribution in [0.5, 0.6) is 0 Å². The zero-order valence-corrected chi connectivity index (χ0v) is 10.2. The second-order valence-electron chi connectivity index (χ2n) is 4.00. The number of aliphatic imine (C=N–C) groups is 1. The topological polar surface area (TPSA) is 64.8 Å². The molecule has 0 unspecified atom stereocenters. The summed E-state index contributed by atoms with van der Waals surface area (Å²) in [4.78, 5) is 4.12. The number of thioether (sulfide) groups is 1. The number of nitrogens with one attached hydrogen (secondary N) is 1. The van der Waals surface area contributed by atoms with Gasteiger partial charge in [-0.2, -0.15) is 0 Å². The first-order valence-corrected chi connectivity index (χ1v) is 6.23. The fourth-order valence-corrected chi connectivity index (χ4v) is 2.56. The molecule has 0 aromatic heterocycles. The largest absolute Gasteiger partial charge is 0.394 e. The Kier molecular flexibility index (Phi) is 3.84. The van der Waals surface area contributed by atoms with Gasteiger partial charge in [-0.3, -0.25) is 0 Å². The van der Waals surface area contributed by atoms with Crippen molar-refractivity contribution in [2.75, 3.05) is 24.3 Å². The molecule has 1 aliphatic rings. The Morgan fingerprint density at radius 3 is 2.61 bits per heavy atom. The lowest BCUT2D eigenvalue weighted by atomic mass is 10.1. The van der Waals surface area contributed by atoms with E-state index in [2.05, 4.69) is 10.3 Å². The Morgan fingerprint density at radius 1 is 1.33 bits per heavy atom. The molecule has 0 bridgehead atoms. The van der Waals surface area contributed by atoms with Crippen LogP contribution in [0.2, 0.25) is 0 Å². The first-order valence-electron chi connectivity index (χ1n) is 5.25. The molecule has 0 saturated carbocycles. The summed E-state index contributed by atoms with van der Waals surface area (Å²) in [6.07, 6.45) is 0. The van der Waals surface area contributed by atoms with Crippen LogP contribution in [0.4, 0.5) is 14.5 Å². The SMILES string of the molecule is OCC1(CO)CSC(Nc2ccc(F)cc2F)=N1. The standard InChI is InChI=1S/C11H12F2N2O2S/c12-7-1-2-9(8(13)3-7)14-10-15-11(4-16,5-17)6-18-10/h1-3,16-17H,4-6H2,(H,14,15). The number of anilines is 1. The van der Waals surface area contributed by atoms with E-state index in [1.165, 1.54) is 17.8 Å². The van der Waals surface area contributed by atoms with Gasteiger partial charge in [-0.15, -0.1) is 0 Å². The van der Waals surface area contributed by atoms with E-state index < -0.39 is 17.2 Å². The highest BCUT2D eigenvalue weighted by atomic mass is 32.2. The highest BCUT2D eigenvalue weighted by Crippen LogP contribution is 2.28. The number of aliphatic hydroxyl groups is 2. The molecule has 7 heteroatoms. The van der Waals surface area contributed by atoms with Crippen LogP contribution >= 0.6 is 11.8 Å². The molecule has 0 saturated heterocycles. The van der Waals surface area contributed by atoms with Crippen LogP contribution in [0.15, 0.2) is 23.2 Å². The Bertz CT molecular complexity index is 478. The number of rotatable bonds is 3. The van der Waals surface area contributed by atoms with Crippen molar-refractivity contribution in [1.29, 1.82) is 0 Å². The lowest BCUT2D eigenvalue weighted by Crippen LogP contribution is -2.36. The molecule has 0 radical (unpaired) electrons. The van der Waals surface area contributed by atoms with Crippen LogP contribution in [0, 0.1) is 11.6 Å². The summed E-state index contributed by atoms with van der Waals surface area (Å²) in [5, 5.41) is 21.4. The third-order valence-electron chi connectivity index (χ3n) is 2.58. The van der Waals surface area contributed by atoms with Crippen molar-refractivity contribution in [3.8, 4) is 0 Å². The maximum absolute atomic E-state index is 13.4. The van der Waals surface area contributed by atoms with Gasteiger partial charge in [-0.1, -0.05) is 11.8 Å². The predicted octanol–water partition coefficient (Wildman–Crippen LogP) is 1.20. The van der Waals surface area contributed by atoms with Gasteiger partial charge in [0.15, 0.2) is 5.17 Å². The maximum atomic E-state index is 13.4. The van der Waals surface area contributed by atoms with Crippen LogP contribution in [0.3, 0.4) is 0 Å². The number of hydrogen-bond acceptors (Lipinski definition) is 5. The van der Waals surface area contributed by atoms with Gasteiger partial charge in [-0.05, 0) is 12.1 Å². The van der Waals surface area contributed by atoms with Gasteiger partial charge in [0, 0.05) is 11.8 Å². The Balaban J connectivity index is 2.15. The summed E-state index contributed by atoms with van der Waals surface area (Å²) in [5.41, 5.74) is -0.821. The first-order chi connectivity index (χ1) is 8.58. The molecule has 1 heterocycles. The van der Waals surface area contributed by atoms with E-state index in [-0.39, 0.29) is 18.9 Å². The quantitative estimate of drug-likeness (QED) is 0.775. The minimum absolute atomic E-state index is 0.106. The number of amidine groups is 1. The summed E-state index contributed by atoms with van der Waals surface area (Å²) in [7, 11) is 0. The zero-order chi connectivity index (χ0) is 13.2. The van der Waals surface area contributed by atoms with E-state index in [1.807, 2.05) is 0 Å². The second kappa shape index (κ2) is 5.21. The van der Waals surface area contributed by atoms with E-state index in [0.29, 0.717) is 10.9 Å².